The van der Waals surface area contributed by atoms with Crippen LogP contribution in [0.2, 0.25) is 0 Å². The summed E-state index contributed by atoms with van der Waals surface area (Å²) < 4.78 is 1.17. The second-order valence-electron chi connectivity index (χ2n) is 6.37. The molecule has 0 saturated carbocycles. The van der Waals surface area contributed by atoms with E-state index in [0.717, 1.165) is 0 Å². The molecule has 0 radical (unpaired) electrons. The lowest BCUT2D eigenvalue weighted by molar-refractivity contribution is 0.329. The van der Waals surface area contributed by atoms with E-state index in [-0.39, 0.29) is 5.41 Å². The molecule has 0 fully saturated rings. The maximum Gasteiger partial charge on any atom is 0.0377 e. The van der Waals surface area contributed by atoms with Gasteiger partial charge in [-0.2, -0.15) is 0 Å². The minimum atomic E-state index is 0.262. The summed E-state index contributed by atoms with van der Waals surface area (Å²) in [6.07, 6.45) is 0. The molecule has 0 aromatic heterocycles. The van der Waals surface area contributed by atoms with Gasteiger partial charge in [0.15, 0.2) is 0 Å². The molecule has 0 aliphatic heterocycles. The van der Waals surface area contributed by atoms with Crippen LogP contribution >= 0.6 is 15.9 Å². The van der Waals surface area contributed by atoms with E-state index in [9.17, 15) is 0 Å². The lowest BCUT2D eigenvalue weighted by atomic mass is 9.87. The smallest absolute Gasteiger partial charge is 0.0377 e. The molecule has 0 spiro atoms. The third-order valence-electron chi connectivity index (χ3n) is 4.13. The van der Waals surface area contributed by atoms with Crippen LogP contribution in [0, 0.1) is 5.41 Å². The number of rotatable bonds is 4. The van der Waals surface area contributed by atoms with Gasteiger partial charge in [0.2, 0.25) is 0 Å². The molecule has 19 heavy (non-hydrogen) atoms. The first-order valence-corrected chi connectivity index (χ1v) is 7.67. The zero-order chi connectivity index (χ0) is 14.8. The molecule has 0 amide bonds. The first-order chi connectivity index (χ1) is 8.68. The van der Waals surface area contributed by atoms with Crippen molar-refractivity contribution in [1.82, 2.24) is 5.32 Å². The highest BCUT2D eigenvalue weighted by Crippen LogP contribution is 2.31. The summed E-state index contributed by atoms with van der Waals surface area (Å²) in [4.78, 5) is 2.35. The molecular weight excluding hydrogens is 300 g/mol. The van der Waals surface area contributed by atoms with E-state index >= 15 is 0 Å². The van der Waals surface area contributed by atoms with Gasteiger partial charge in [0.1, 0.15) is 0 Å². The average Bonchev–Trinajstić information content (AvgIpc) is 2.34. The molecule has 2 unspecified atom stereocenters. The van der Waals surface area contributed by atoms with Crippen molar-refractivity contribution in [1.29, 1.82) is 0 Å². The van der Waals surface area contributed by atoms with Gasteiger partial charge >= 0.3 is 0 Å². The van der Waals surface area contributed by atoms with E-state index in [1.54, 1.807) is 0 Å². The van der Waals surface area contributed by atoms with Crippen molar-refractivity contribution in [3.63, 3.8) is 0 Å². The minimum absolute atomic E-state index is 0.262. The first kappa shape index (κ1) is 16.5. The first-order valence-electron chi connectivity index (χ1n) is 6.88. The van der Waals surface area contributed by atoms with E-state index in [1.165, 1.54) is 15.7 Å². The number of hydrogen-bond acceptors (Lipinski definition) is 2. The highest BCUT2D eigenvalue weighted by atomic mass is 79.9. The molecular formula is C16H27BrN2. The summed E-state index contributed by atoms with van der Waals surface area (Å²) >= 11 is 3.69. The van der Waals surface area contributed by atoms with E-state index in [2.05, 4.69) is 86.0 Å². The summed E-state index contributed by atoms with van der Waals surface area (Å²) in [5.74, 6) is 0. The Morgan fingerprint density at radius 1 is 1.21 bits per heavy atom. The Hall–Kier alpha value is -0.540. The quantitative estimate of drug-likeness (QED) is 0.869. The van der Waals surface area contributed by atoms with Gasteiger partial charge < -0.3 is 10.2 Å². The fraction of sp³-hybridized carbons (Fsp3) is 0.625. The third kappa shape index (κ3) is 3.96. The number of halogens is 1. The summed E-state index contributed by atoms with van der Waals surface area (Å²) in [7, 11) is 4.15. The van der Waals surface area contributed by atoms with Gasteiger partial charge in [-0.3, -0.25) is 0 Å². The molecule has 0 aliphatic rings. The lowest BCUT2D eigenvalue weighted by Gasteiger charge is -2.37. The van der Waals surface area contributed by atoms with Crippen LogP contribution in [-0.4, -0.2) is 20.1 Å². The normalized spacial score (nSPS) is 15.2. The average molecular weight is 327 g/mol. The summed E-state index contributed by atoms with van der Waals surface area (Å²) in [5.41, 5.74) is 2.81. The van der Waals surface area contributed by atoms with Gasteiger partial charge in [0.25, 0.3) is 0 Å². The zero-order valence-corrected chi connectivity index (χ0v) is 14.8. The van der Waals surface area contributed by atoms with E-state index in [1.807, 2.05) is 7.05 Å². The predicted octanol–water partition coefficient (Wildman–Crippen LogP) is 4.60. The summed E-state index contributed by atoms with van der Waals surface area (Å²) in [6, 6.07) is 7.45. The Balaban J connectivity index is 3.01. The Kier molecular flexibility index (Phi) is 5.45. The minimum Gasteiger partial charge on any atom is -0.371 e. The molecule has 1 aromatic carbocycles. The van der Waals surface area contributed by atoms with Crippen LogP contribution in [0.15, 0.2) is 22.7 Å². The van der Waals surface area contributed by atoms with Crippen LogP contribution in [0.3, 0.4) is 0 Å². The van der Waals surface area contributed by atoms with E-state index in [0.29, 0.717) is 12.1 Å². The van der Waals surface area contributed by atoms with Crippen molar-refractivity contribution in [3.8, 4) is 0 Å². The van der Waals surface area contributed by atoms with Gasteiger partial charge in [0, 0.05) is 29.3 Å². The second-order valence-corrected chi connectivity index (χ2v) is 7.22. The fourth-order valence-electron chi connectivity index (χ4n) is 2.05. The summed E-state index contributed by atoms with van der Waals surface area (Å²) in [5, 5.41) is 3.27. The molecule has 3 heteroatoms. The van der Waals surface area contributed by atoms with Crippen LogP contribution in [0.1, 0.15) is 46.2 Å². The van der Waals surface area contributed by atoms with Gasteiger partial charge in [-0.1, -0.05) is 42.8 Å². The molecule has 1 aromatic rings. The van der Waals surface area contributed by atoms with Crippen molar-refractivity contribution in [2.45, 2.75) is 46.7 Å². The van der Waals surface area contributed by atoms with Gasteiger partial charge in [-0.25, -0.2) is 0 Å². The third-order valence-corrected chi connectivity index (χ3v) is 4.81. The van der Waals surface area contributed by atoms with Gasteiger partial charge in [-0.05, 0) is 44.0 Å². The lowest BCUT2D eigenvalue weighted by Crippen LogP contribution is -2.39. The maximum absolute atomic E-state index is 3.69. The van der Waals surface area contributed by atoms with Crippen molar-refractivity contribution in [2.75, 3.05) is 19.0 Å². The highest BCUT2D eigenvalue weighted by Gasteiger charge is 2.24. The Morgan fingerprint density at radius 2 is 1.79 bits per heavy atom. The maximum atomic E-state index is 3.69. The molecule has 0 aliphatic carbocycles. The number of nitrogens with zero attached hydrogens (tertiary/aromatic N) is 1. The van der Waals surface area contributed by atoms with Crippen LogP contribution in [-0.2, 0) is 0 Å². The molecule has 0 saturated heterocycles. The Bertz CT molecular complexity index is 423. The molecule has 1 rings (SSSR count). The predicted molar refractivity (Wildman–Crippen MR) is 88.9 cm³/mol. The number of nitrogens with one attached hydrogen (secondary N) is 1. The largest absolute Gasteiger partial charge is 0.371 e. The molecule has 0 heterocycles. The molecule has 2 nitrogen and oxygen atoms in total. The topological polar surface area (TPSA) is 15.3 Å². The fourth-order valence-corrected chi connectivity index (χ4v) is 2.76. The van der Waals surface area contributed by atoms with Crippen molar-refractivity contribution < 1.29 is 0 Å². The monoisotopic (exact) mass is 326 g/mol. The van der Waals surface area contributed by atoms with Crippen LogP contribution in [0.25, 0.3) is 0 Å². The van der Waals surface area contributed by atoms with E-state index < -0.39 is 0 Å². The Morgan fingerprint density at radius 3 is 2.21 bits per heavy atom. The molecule has 108 valence electrons. The zero-order valence-electron chi connectivity index (χ0n) is 13.2. The number of hydrogen-bond donors (Lipinski definition) is 1. The van der Waals surface area contributed by atoms with Gasteiger partial charge in [0.05, 0.1) is 0 Å². The number of anilines is 1. The number of benzene rings is 1. The molecule has 1 N–H and O–H groups in total. The van der Waals surface area contributed by atoms with Crippen LogP contribution < -0.4 is 10.2 Å². The Labute approximate surface area is 126 Å². The van der Waals surface area contributed by atoms with Crippen LogP contribution in [0.4, 0.5) is 5.69 Å². The highest BCUT2D eigenvalue weighted by molar-refractivity contribution is 9.10. The van der Waals surface area contributed by atoms with Crippen molar-refractivity contribution in [2.24, 2.45) is 5.41 Å². The van der Waals surface area contributed by atoms with Crippen molar-refractivity contribution in [3.05, 3.63) is 28.2 Å². The standard InChI is InChI=1S/C16H27BrN2/c1-11(18-6)14-9-8-13(10-15(14)17)19(7)12(2)16(3,4)5/h8-12,18H,1-7H3. The SMILES string of the molecule is CNC(C)c1ccc(N(C)C(C)C(C)(C)C)cc1Br. The second kappa shape index (κ2) is 6.27. The van der Waals surface area contributed by atoms with Crippen molar-refractivity contribution >= 4 is 21.6 Å². The van der Waals surface area contributed by atoms with Gasteiger partial charge in [-0.15, -0.1) is 0 Å². The molecule has 0 bridgehead atoms. The summed E-state index contributed by atoms with van der Waals surface area (Å²) in [6.45, 7) is 11.3. The molecule has 2 atom stereocenters. The van der Waals surface area contributed by atoms with E-state index in [4.69, 9.17) is 0 Å². The van der Waals surface area contributed by atoms with Crippen LogP contribution in [0.5, 0.6) is 0 Å².